The number of benzene rings is 2. The molecule has 0 saturated heterocycles. The summed E-state index contributed by atoms with van der Waals surface area (Å²) in [4.78, 5) is 4.49. The molecule has 154 valence electrons. The molecule has 0 aliphatic rings. The molecular weight excluding hydrogens is 388 g/mol. The first kappa shape index (κ1) is 20.9. The van der Waals surface area contributed by atoms with Crippen molar-refractivity contribution in [1.82, 2.24) is 8.96 Å². The highest BCUT2D eigenvalue weighted by Gasteiger charge is 2.21. The second kappa shape index (κ2) is 9.60. The summed E-state index contributed by atoms with van der Waals surface area (Å²) in [6.45, 7) is 5.14. The first-order chi connectivity index (χ1) is 14.1. The number of unbranched alkanes of at least 4 members (excludes halogenated alkanes) is 2. The van der Waals surface area contributed by atoms with Gasteiger partial charge < -0.3 is 9.47 Å². The molecule has 0 atom stereocenters. The molecule has 2 aromatic carbocycles. The van der Waals surface area contributed by atoms with E-state index in [1.54, 1.807) is 48.5 Å². The van der Waals surface area contributed by atoms with Gasteiger partial charge in [-0.2, -0.15) is 0 Å². The number of aromatic nitrogens is 2. The molecule has 0 aliphatic heterocycles. The van der Waals surface area contributed by atoms with Crippen LogP contribution in [0.25, 0.3) is 11.4 Å². The summed E-state index contributed by atoms with van der Waals surface area (Å²) in [5, 5.41) is 0. The zero-order valence-corrected chi connectivity index (χ0v) is 17.6. The Bertz CT molecular complexity index is 1030. The minimum absolute atomic E-state index is 0.208. The summed E-state index contributed by atoms with van der Waals surface area (Å²) >= 11 is 0. The lowest BCUT2D eigenvalue weighted by Gasteiger charge is -2.14. The first-order valence-corrected chi connectivity index (χ1v) is 11.3. The summed E-state index contributed by atoms with van der Waals surface area (Å²) in [6, 6.07) is 13.7. The van der Waals surface area contributed by atoms with Gasteiger partial charge in [-0.25, -0.2) is 17.4 Å². The molecule has 0 fully saturated rings. The molecule has 0 unspecified atom stereocenters. The topological polar surface area (TPSA) is 70.4 Å². The van der Waals surface area contributed by atoms with Crippen molar-refractivity contribution in [1.29, 1.82) is 0 Å². The Hall–Kier alpha value is -2.80. The van der Waals surface area contributed by atoms with Gasteiger partial charge in [0.15, 0.2) is 17.3 Å². The van der Waals surface area contributed by atoms with Gasteiger partial charge in [0, 0.05) is 18.0 Å². The van der Waals surface area contributed by atoms with E-state index in [0.29, 0.717) is 36.1 Å². The van der Waals surface area contributed by atoms with Crippen LogP contribution in [-0.4, -0.2) is 30.6 Å². The van der Waals surface area contributed by atoms with Gasteiger partial charge in [0.05, 0.1) is 18.1 Å². The third-order valence-corrected chi connectivity index (χ3v) is 6.10. The number of ether oxygens (including phenoxy) is 2. The third kappa shape index (κ3) is 4.79. The number of nitrogens with zero attached hydrogens (tertiary/aromatic N) is 2. The summed E-state index contributed by atoms with van der Waals surface area (Å²) < 4.78 is 38.9. The zero-order valence-electron chi connectivity index (χ0n) is 16.7. The molecule has 3 aromatic rings. The van der Waals surface area contributed by atoms with Crippen LogP contribution < -0.4 is 9.47 Å². The van der Waals surface area contributed by atoms with Gasteiger partial charge in [-0.3, -0.25) is 0 Å². The van der Waals surface area contributed by atoms with Gasteiger partial charge in [0.1, 0.15) is 0 Å². The zero-order chi connectivity index (χ0) is 20.7. The van der Waals surface area contributed by atoms with Gasteiger partial charge in [-0.15, -0.1) is 0 Å². The van der Waals surface area contributed by atoms with E-state index < -0.39 is 10.0 Å². The normalized spacial score (nSPS) is 11.4. The Morgan fingerprint density at radius 1 is 0.966 bits per heavy atom. The highest BCUT2D eigenvalue weighted by molar-refractivity contribution is 7.90. The summed E-state index contributed by atoms with van der Waals surface area (Å²) in [6.07, 6.45) is 6.14. The van der Waals surface area contributed by atoms with E-state index in [9.17, 15) is 8.42 Å². The third-order valence-electron chi connectivity index (χ3n) is 4.41. The van der Waals surface area contributed by atoms with E-state index in [-0.39, 0.29) is 4.90 Å². The standard InChI is InChI=1S/C22H26N2O4S/c1-3-5-9-16-28-20-13-12-18(17-21(20)27-4-2)22-23-14-15-24(22)29(25,26)19-10-7-6-8-11-19/h6-8,10-15,17H,3-5,9,16H2,1-2H3. The molecular formula is C22H26N2O4S. The Labute approximate surface area is 172 Å². The number of hydrogen-bond acceptors (Lipinski definition) is 5. The van der Waals surface area contributed by atoms with Crippen molar-refractivity contribution in [2.45, 2.75) is 38.0 Å². The van der Waals surface area contributed by atoms with Gasteiger partial charge in [0.2, 0.25) is 0 Å². The second-order valence-electron chi connectivity index (χ2n) is 6.51. The monoisotopic (exact) mass is 414 g/mol. The molecule has 0 bridgehead atoms. The van der Waals surface area contributed by atoms with Crippen LogP contribution in [-0.2, 0) is 10.0 Å². The van der Waals surface area contributed by atoms with E-state index >= 15 is 0 Å². The fourth-order valence-corrected chi connectivity index (χ4v) is 4.29. The van der Waals surface area contributed by atoms with Crippen LogP contribution in [0.2, 0.25) is 0 Å². The lowest BCUT2D eigenvalue weighted by Crippen LogP contribution is -2.13. The SMILES string of the molecule is CCCCCOc1ccc(-c2nccn2S(=O)(=O)c2ccccc2)cc1OCC. The van der Waals surface area contributed by atoms with Gasteiger partial charge in [0.25, 0.3) is 10.0 Å². The van der Waals surface area contributed by atoms with Crippen molar-refractivity contribution in [2.75, 3.05) is 13.2 Å². The quantitative estimate of drug-likeness (QED) is 0.448. The fraction of sp³-hybridized carbons (Fsp3) is 0.318. The summed E-state index contributed by atoms with van der Waals surface area (Å²) in [5.74, 6) is 1.55. The molecule has 0 N–H and O–H groups in total. The Balaban J connectivity index is 1.94. The minimum atomic E-state index is -3.75. The maximum atomic E-state index is 13.0. The smallest absolute Gasteiger partial charge is 0.269 e. The molecule has 0 saturated carbocycles. The van der Waals surface area contributed by atoms with E-state index in [1.807, 2.05) is 6.92 Å². The molecule has 0 aliphatic carbocycles. The molecule has 1 aromatic heterocycles. The van der Waals surface area contributed by atoms with Crippen molar-refractivity contribution in [3.63, 3.8) is 0 Å². The fourth-order valence-electron chi connectivity index (χ4n) is 2.96. The van der Waals surface area contributed by atoms with Crippen LogP contribution in [0, 0.1) is 0 Å². The van der Waals surface area contributed by atoms with Crippen LogP contribution in [0.1, 0.15) is 33.1 Å². The van der Waals surface area contributed by atoms with E-state index in [1.165, 1.54) is 16.4 Å². The molecule has 6 nitrogen and oxygen atoms in total. The van der Waals surface area contributed by atoms with Crippen LogP contribution in [0.4, 0.5) is 0 Å². The highest BCUT2D eigenvalue weighted by Crippen LogP contribution is 2.33. The van der Waals surface area contributed by atoms with Gasteiger partial charge in [-0.05, 0) is 43.7 Å². The van der Waals surface area contributed by atoms with Crippen LogP contribution in [0.3, 0.4) is 0 Å². The van der Waals surface area contributed by atoms with Crippen LogP contribution in [0.15, 0.2) is 65.8 Å². The largest absolute Gasteiger partial charge is 0.490 e. The van der Waals surface area contributed by atoms with Crippen molar-refractivity contribution >= 4 is 10.0 Å². The van der Waals surface area contributed by atoms with E-state index in [0.717, 1.165) is 19.3 Å². The second-order valence-corrected chi connectivity index (χ2v) is 8.33. The molecule has 0 radical (unpaired) electrons. The molecule has 0 spiro atoms. The average Bonchev–Trinajstić information content (AvgIpc) is 3.24. The van der Waals surface area contributed by atoms with Crippen LogP contribution in [0.5, 0.6) is 11.5 Å². The summed E-state index contributed by atoms with van der Waals surface area (Å²) in [5.41, 5.74) is 0.638. The molecule has 1 heterocycles. The molecule has 7 heteroatoms. The predicted molar refractivity (Wildman–Crippen MR) is 113 cm³/mol. The average molecular weight is 415 g/mol. The number of hydrogen-bond donors (Lipinski definition) is 0. The lowest BCUT2D eigenvalue weighted by atomic mass is 10.2. The van der Waals surface area contributed by atoms with Crippen molar-refractivity contribution in [2.24, 2.45) is 0 Å². The Morgan fingerprint density at radius 3 is 2.48 bits per heavy atom. The maximum Gasteiger partial charge on any atom is 0.269 e. The summed E-state index contributed by atoms with van der Waals surface area (Å²) in [7, 11) is -3.75. The number of imidazole rings is 1. The van der Waals surface area contributed by atoms with Gasteiger partial charge >= 0.3 is 0 Å². The Morgan fingerprint density at radius 2 is 1.76 bits per heavy atom. The Kier molecular flexibility index (Phi) is 6.93. The first-order valence-electron chi connectivity index (χ1n) is 9.82. The maximum absolute atomic E-state index is 13.0. The van der Waals surface area contributed by atoms with Crippen LogP contribution >= 0.6 is 0 Å². The van der Waals surface area contributed by atoms with Gasteiger partial charge in [-0.1, -0.05) is 38.0 Å². The van der Waals surface area contributed by atoms with E-state index in [4.69, 9.17) is 9.47 Å². The molecule has 0 amide bonds. The predicted octanol–water partition coefficient (Wildman–Crippen LogP) is 4.75. The molecule has 29 heavy (non-hydrogen) atoms. The lowest BCUT2D eigenvalue weighted by molar-refractivity contribution is 0.271. The van der Waals surface area contributed by atoms with E-state index in [2.05, 4.69) is 11.9 Å². The van der Waals surface area contributed by atoms with Crippen molar-refractivity contribution < 1.29 is 17.9 Å². The highest BCUT2D eigenvalue weighted by atomic mass is 32.2. The minimum Gasteiger partial charge on any atom is -0.490 e. The number of rotatable bonds is 10. The molecule has 3 rings (SSSR count). The van der Waals surface area contributed by atoms with Crippen molar-refractivity contribution in [3.8, 4) is 22.9 Å². The van der Waals surface area contributed by atoms with Crippen molar-refractivity contribution in [3.05, 3.63) is 60.9 Å².